The van der Waals surface area contributed by atoms with Crippen molar-refractivity contribution in [2.24, 2.45) is 0 Å². The van der Waals surface area contributed by atoms with Crippen LogP contribution in [0.25, 0.3) is 0 Å². The molecule has 0 unspecified atom stereocenters. The highest BCUT2D eigenvalue weighted by atomic mass is 16.3. The molecule has 0 spiro atoms. The first-order valence-electron chi connectivity index (χ1n) is 6.66. The molecule has 2 N–H and O–H groups in total. The van der Waals surface area contributed by atoms with E-state index >= 15 is 0 Å². The average Bonchev–Trinajstić information content (AvgIpc) is 2.30. The predicted molar refractivity (Wildman–Crippen MR) is 71.2 cm³/mol. The second kappa shape index (κ2) is 5.65. The molecule has 0 aromatic heterocycles. The van der Waals surface area contributed by atoms with Crippen LogP contribution < -0.4 is 5.32 Å². The van der Waals surface area contributed by atoms with Gasteiger partial charge in [-0.1, -0.05) is 36.8 Å². The third kappa shape index (κ3) is 3.08. The van der Waals surface area contributed by atoms with E-state index < -0.39 is 0 Å². The summed E-state index contributed by atoms with van der Waals surface area (Å²) < 4.78 is 0. The van der Waals surface area contributed by atoms with Gasteiger partial charge in [-0.2, -0.15) is 0 Å². The molecule has 0 saturated heterocycles. The van der Waals surface area contributed by atoms with E-state index in [2.05, 4.69) is 43.4 Å². The van der Waals surface area contributed by atoms with Gasteiger partial charge >= 0.3 is 0 Å². The summed E-state index contributed by atoms with van der Waals surface area (Å²) in [6, 6.07) is 9.76. The van der Waals surface area contributed by atoms with E-state index in [1.165, 1.54) is 24.0 Å². The van der Waals surface area contributed by atoms with Crippen LogP contribution in [0.5, 0.6) is 0 Å². The monoisotopic (exact) mass is 233 g/mol. The van der Waals surface area contributed by atoms with Gasteiger partial charge < -0.3 is 10.4 Å². The highest BCUT2D eigenvalue weighted by Gasteiger charge is 2.30. The van der Waals surface area contributed by atoms with Crippen molar-refractivity contribution in [3.63, 3.8) is 0 Å². The lowest BCUT2D eigenvalue weighted by atomic mass is 9.75. The molecule has 94 valence electrons. The molecular weight excluding hydrogens is 210 g/mol. The average molecular weight is 233 g/mol. The molecule has 1 aromatic rings. The number of aryl methyl sites for hydroxylation is 1. The fourth-order valence-corrected chi connectivity index (χ4v) is 2.50. The third-order valence-electron chi connectivity index (χ3n) is 3.87. The van der Waals surface area contributed by atoms with Crippen molar-refractivity contribution in [1.29, 1.82) is 0 Å². The van der Waals surface area contributed by atoms with Gasteiger partial charge in [-0.15, -0.1) is 0 Å². The Bertz CT molecular complexity index is 336. The molecule has 17 heavy (non-hydrogen) atoms. The molecule has 2 nitrogen and oxygen atoms in total. The fraction of sp³-hybridized carbons (Fsp3) is 0.600. The van der Waals surface area contributed by atoms with E-state index in [1.807, 2.05) is 0 Å². The maximum atomic E-state index is 9.15. The number of aliphatic hydroxyl groups excluding tert-OH is 1. The number of aliphatic hydroxyl groups is 1. The van der Waals surface area contributed by atoms with Crippen molar-refractivity contribution in [3.8, 4) is 0 Å². The van der Waals surface area contributed by atoms with Gasteiger partial charge in [-0.25, -0.2) is 0 Å². The number of hydrogen-bond donors (Lipinski definition) is 2. The smallest absolute Gasteiger partial charge is 0.0584 e. The van der Waals surface area contributed by atoms with Crippen LogP contribution in [-0.2, 0) is 0 Å². The SMILES string of the molecule is CC[C@@H](CO)NC1CC(c2ccc(C)cc2)C1. The van der Waals surface area contributed by atoms with Crippen molar-refractivity contribution >= 4 is 0 Å². The summed E-state index contributed by atoms with van der Waals surface area (Å²) in [5.41, 5.74) is 2.79. The van der Waals surface area contributed by atoms with Crippen LogP contribution in [0, 0.1) is 6.92 Å². The first kappa shape index (κ1) is 12.6. The Morgan fingerprint density at radius 1 is 1.29 bits per heavy atom. The van der Waals surface area contributed by atoms with Crippen molar-refractivity contribution in [3.05, 3.63) is 35.4 Å². The maximum Gasteiger partial charge on any atom is 0.0584 e. The molecule has 0 aliphatic heterocycles. The Balaban J connectivity index is 1.80. The van der Waals surface area contributed by atoms with E-state index in [9.17, 15) is 0 Å². The first-order valence-corrected chi connectivity index (χ1v) is 6.66. The normalized spacial score (nSPS) is 25.4. The summed E-state index contributed by atoms with van der Waals surface area (Å²) in [5, 5.41) is 12.7. The van der Waals surface area contributed by atoms with Crippen LogP contribution in [0.2, 0.25) is 0 Å². The zero-order valence-corrected chi connectivity index (χ0v) is 10.8. The van der Waals surface area contributed by atoms with Crippen molar-refractivity contribution < 1.29 is 5.11 Å². The molecule has 1 saturated carbocycles. The topological polar surface area (TPSA) is 32.3 Å². The van der Waals surface area contributed by atoms with E-state index in [-0.39, 0.29) is 12.6 Å². The number of nitrogens with one attached hydrogen (secondary N) is 1. The second-order valence-electron chi connectivity index (χ2n) is 5.23. The minimum atomic E-state index is 0.252. The predicted octanol–water partition coefficient (Wildman–Crippen LogP) is 2.60. The Morgan fingerprint density at radius 3 is 2.47 bits per heavy atom. The Kier molecular flexibility index (Phi) is 4.19. The van der Waals surface area contributed by atoms with Crippen LogP contribution in [0.4, 0.5) is 0 Å². The molecule has 1 aliphatic carbocycles. The summed E-state index contributed by atoms with van der Waals surface area (Å²) in [7, 11) is 0. The lowest BCUT2D eigenvalue weighted by Crippen LogP contribution is -2.46. The second-order valence-corrected chi connectivity index (χ2v) is 5.23. The zero-order valence-electron chi connectivity index (χ0n) is 10.8. The van der Waals surface area contributed by atoms with Gasteiger partial charge in [-0.05, 0) is 37.7 Å². The summed E-state index contributed by atoms with van der Waals surface area (Å²) >= 11 is 0. The molecule has 1 atom stereocenters. The van der Waals surface area contributed by atoms with Gasteiger partial charge in [0.15, 0.2) is 0 Å². The molecular formula is C15H23NO. The van der Waals surface area contributed by atoms with Gasteiger partial charge in [0.2, 0.25) is 0 Å². The van der Waals surface area contributed by atoms with E-state index in [0.29, 0.717) is 12.0 Å². The molecule has 1 aliphatic rings. The Morgan fingerprint density at radius 2 is 1.94 bits per heavy atom. The standard InChI is InChI=1S/C15H23NO/c1-3-14(10-17)16-15-8-13(9-15)12-6-4-11(2)5-7-12/h4-7,13-17H,3,8-10H2,1-2H3/t13?,14-,15?/m0/s1. The molecule has 1 aromatic carbocycles. The van der Waals surface area contributed by atoms with Crippen molar-refractivity contribution in [2.75, 3.05) is 6.61 Å². The lowest BCUT2D eigenvalue weighted by Gasteiger charge is -2.38. The molecule has 2 rings (SSSR count). The third-order valence-corrected chi connectivity index (χ3v) is 3.87. The van der Waals surface area contributed by atoms with Crippen molar-refractivity contribution in [2.45, 2.75) is 51.1 Å². The summed E-state index contributed by atoms with van der Waals surface area (Å²) in [6.07, 6.45) is 3.42. The zero-order chi connectivity index (χ0) is 12.3. The fourth-order valence-electron chi connectivity index (χ4n) is 2.50. The molecule has 0 amide bonds. The van der Waals surface area contributed by atoms with Gasteiger partial charge in [-0.3, -0.25) is 0 Å². The van der Waals surface area contributed by atoms with Crippen LogP contribution >= 0.6 is 0 Å². The lowest BCUT2D eigenvalue weighted by molar-refractivity contribution is 0.193. The molecule has 2 heteroatoms. The minimum Gasteiger partial charge on any atom is -0.395 e. The molecule has 1 fully saturated rings. The number of rotatable bonds is 5. The Labute approximate surface area is 104 Å². The molecule has 0 heterocycles. The summed E-state index contributed by atoms with van der Waals surface area (Å²) in [5.74, 6) is 0.712. The Hall–Kier alpha value is -0.860. The van der Waals surface area contributed by atoms with Gasteiger partial charge in [0.05, 0.1) is 6.61 Å². The van der Waals surface area contributed by atoms with Gasteiger partial charge in [0, 0.05) is 12.1 Å². The van der Waals surface area contributed by atoms with Crippen LogP contribution in [0.1, 0.15) is 43.2 Å². The molecule has 0 radical (unpaired) electrons. The van der Waals surface area contributed by atoms with E-state index in [4.69, 9.17) is 5.11 Å². The van der Waals surface area contributed by atoms with Crippen LogP contribution in [0.15, 0.2) is 24.3 Å². The largest absolute Gasteiger partial charge is 0.395 e. The molecule has 0 bridgehead atoms. The highest BCUT2D eigenvalue weighted by Crippen LogP contribution is 2.37. The van der Waals surface area contributed by atoms with Crippen molar-refractivity contribution in [1.82, 2.24) is 5.32 Å². The van der Waals surface area contributed by atoms with E-state index in [1.54, 1.807) is 0 Å². The van der Waals surface area contributed by atoms with Gasteiger partial charge in [0.25, 0.3) is 0 Å². The van der Waals surface area contributed by atoms with E-state index in [0.717, 1.165) is 6.42 Å². The van der Waals surface area contributed by atoms with Crippen LogP contribution in [0.3, 0.4) is 0 Å². The maximum absolute atomic E-state index is 9.15. The number of benzene rings is 1. The highest BCUT2D eigenvalue weighted by molar-refractivity contribution is 5.26. The summed E-state index contributed by atoms with van der Waals surface area (Å²) in [6.45, 7) is 4.49. The minimum absolute atomic E-state index is 0.252. The van der Waals surface area contributed by atoms with Crippen LogP contribution in [-0.4, -0.2) is 23.8 Å². The van der Waals surface area contributed by atoms with Gasteiger partial charge in [0.1, 0.15) is 0 Å². The summed E-state index contributed by atoms with van der Waals surface area (Å²) in [4.78, 5) is 0. The quantitative estimate of drug-likeness (QED) is 0.819. The number of hydrogen-bond acceptors (Lipinski definition) is 2. The first-order chi connectivity index (χ1) is 8.22.